The molecule has 860 valence electrons. The van der Waals surface area contributed by atoms with Crippen LogP contribution in [0.4, 0.5) is 0 Å². The van der Waals surface area contributed by atoms with Gasteiger partial charge in [0.25, 0.3) is 0 Å². The summed E-state index contributed by atoms with van der Waals surface area (Å²) in [5.74, 6) is -4.51. The standard InChI is InChI=1S/C102H164O48/c1-18-97(13,149-90-75(125)65(115)58(108)42(5)133-90)29-21-23-41(4)84(129)143-78-44(7)136-91(76(126)70(78)120)150-98(14,19-2)28-20-22-40(3)83(128)141-57-34-102(94(130)148-93-82(69(119)62(112)50(36-104)139-93)147-89-77(127)80(145-88-74(124)66(116)61(111)49(35-103)137-88)79(45(8)135-89)144-87-72(122)63(113)51(37-105)138-87)47(32-95(57,9)10)46-24-25-54-99(15)30-27-56(96(11,12)53(99)26-31-100(54,16)101(46,17)33-55(102)107)142-86-73(123)67(117)64(114)52(140-86)39-132-92-81(68(118)59(109)43(6)134-92)146-85-71(121)60(110)48(106)38-131-85/h18-19,22-23,42-82,85-93,103-127H,1-2,20-21,24-39H2,3-17H3. The minimum Gasteiger partial charge on any atom is -0.458 e. The predicted octanol–water partition coefficient (Wildman–Crippen LogP) is -5.08. The van der Waals surface area contributed by atoms with Gasteiger partial charge in [-0.1, -0.05) is 72.8 Å². The third-order valence-corrected chi connectivity index (χ3v) is 36.2. The van der Waals surface area contributed by atoms with E-state index in [2.05, 4.69) is 47.8 Å². The van der Waals surface area contributed by atoms with Gasteiger partial charge in [-0.15, -0.1) is 13.2 Å². The Morgan fingerprint density at radius 1 is 0.373 bits per heavy atom. The highest BCUT2D eigenvalue weighted by Gasteiger charge is 2.76. The van der Waals surface area contributed by atoms with Crippen LogP contribution in [0.5, 0.6) is 0 Å². The molecule has 48 heteroatoms. The van der Waals surface area contributed by atoms with E-state index in [0.717, 1.165) is 0 Å². The summed E-state index contributed by atoms with van der Waals surface area (Å²) in [5.41, 5.74) is -8.34. The van der Waals surface area contributed by atoms with Crippen LogP contribution < -0.4 is 0 Å². The first-order valence-electron chi connectivity index (χ1n) is 52.4. The van der Waals surface area contributed by atoms with Gasteiger partial charge >= 0.3 is 17.9 Å². The largest absolute Gasteiger partial charge is 0.458 e. The molecule has 0 amide bonds. The van der Waals surface area contributed by atoms with Crippen molar-refractivity contribution in [3.8, 4) is 0 Å². The van der Waals surface area contributed by atoms with E-state index in [1.165, 1.54) is 53.7 Å². The number of aliphatic hydroxyl groups is 25. The first kappa shape index (κ1) is 121. The molecule has 14 aliphatic rings. The Hall–Kier alpha value is -4.31. The van der Waals surface area contributed by atoms with E-state index in [9.17, 15) is 132 Å². The second-order valence-corrected chi connectivity index (χ2v) is 46.6. The molecule has 14 rings (SSSR count). The number of carbonyl (C=O) groups is 3. The highest BCUT2D eigenvalue weighted by Crippen LogP contribution is 2.78. The SMILES string of the molecule is C=CC(C)(CCC=C(C)C(=O)OC1C(C)OC(OC(C)(C=C)CCC=C(C)C(=O)OC2CC3(C(=O)OC4OC(CO)C(O)C(O)C4OC4OC(C)C(OC5OC(CO)C(O)C5O)C(OC5OC(CO)C(O)C(O)C5O)C4O)C(O)CC4(C)C(CCC5C6(C)CCC(OC7OC(COC8OC(C)C(O)C(O)C8OC8OCC(O)C(O)C8O)C(O)C(O)C7O)C(C)(C)C6CCC54C)C3CC2(C)C)C(O)C1O)OC1OC(C)C(O)C(O)C1O. The molecule has 48 nitrogen and oxygen atoms in total. The lowest BCUT2D eigenvalue weighted by Gasteiger charge is -2.74. The first-order valence-corrected chi connectivity index (χ1v) is 52.4. The van der Waals surface area contributed by atoms with E-state index in [-0.39, 0.29) is 61.5 Å². The van der Waals surface area contributed by atoms with Crippen LogP contribution in [-0.4, -0.2) is 472 Å². The molecule has 9 aliphatic heterocycles. The number of hydrogen-bond donors (Lipinski definition) is 25. The molecule has 5 saturated carbocycles. The summed E-state index contributed by atoms with van der Waals surface area (Å²) in [6.07, 6.45) is -68.2. The van der Waals surface area contributed by atoms with Crippen molar-refractivity contribution in [3.05, 3.63) is 48.6 Å². The molecule has 25 N–H and O–H groups in total. The Bertz CT molecular complexity index is 4570. The Balaban J connectivity index is 0.703. The average Bonchev–Trinajstić information content (AvgIpc) is 0.702. The molecule has 56 unspecified atom stereocenters. The maximum absolute atomic E-state index is 16.9. The summed E-state index contributed by atoms with van der Waals surface area (Å²) < 4.78 is 122. The van der Waals surface area contributed by atoms with Gasteiger partial charge in [0.05, 0.1) is 80.9 Å². The second kappa shape index (κ2) is 47.5. The normalized spacial score (nSPS) is 50.2. The second-order valence-electron chi connectivity index (χ2n) is 46.6. The van der Waals surface area contributed by atoms with Crippen molar-refractivity contribution in [2.24, 2.45) is 56.2 Å². The van der Waals surface area contributed by atoms with Gasteiger partial charge in [0.2, 0.25) is 6.29 Å². The van der Waals surface area contributed by atoms with Crippen LogP contribution in [0.25, 0.3) is 0 Å². The minimum atomic E-state index is -2.27. The molecular weight excluding hydrogens is 1990 g/mol. The lowest BCUT2D eigenvalue weighted by Crippen LogP contribution is -2.72. The molecule has 14 fully saturated rings. The Kier molecular flexibility index (Phi) is 38.4. The zero-order valence-corrected chi connectivity index (χ0v) is 87.4. The van der Waals surface area contributed by atoms with E-state index in [0.29, 0.717) is 38.5 Å². The highest BCUT2D eigenvalue weighted by molar-refractivity contribution is 5.88. The fraction of sp³-hybridized carbons (Fsp3) is 0.892. The monoisotopic (exact) mass is 2160 g/mol. The maximum atomic E-state index is 16.9. The number of fused-ring (bicyclic) bond motifs is 7. The molecular formula is C102H164O48. The van der Waals surface area contributed by atoms with Gasteiger partial charge in [-0.3, -0.25) is 4.79 Å². The number of rotatable bonds is 34. The van der Waals surface area contributed by atoms with Crippen molar-refractivity contribution < 1.29 is 237 Å². The third-order valence-electron chi connectivity index (χ3n) is 36.2. The molecule has 0 radical (unpaired) electrons. The molecule has 0 spiro atoms. The number of esters is 3. The van der Waals surface area contributed by atoms with E-state index in [1.54, 1.807) is 26.0 Å². The zero-order chi connectivity index (χ0) is 110. The van der Waals surface area contributed by atoms with Gasteiger partial charge in [0, 0.05) is 23.0 Å². The van der Waals surface area contributed by atoms with Crippen LogP contribution >= 0.6 is 0 Å². The number of aliphatic hydroxyl groups excluding tert-OH is 25. The van der Waals surface area contributed by atoms with Crippen LogP contribution in [0, 0.1) is 56.2 Å². The van der Waals surface area contributed by atoms with Crippen molar-refractivity contribution in [3.63, 3.8) is 0 Å². The summed E-state index contributed by atoms with van der Waals surface area (Å²) in [4.78, 5) is 45.6. The highest BCUT2D eigenvalue weighted by atomic mass is 16.8. The molecule has 9 saturated heterocycles. The minimum absolute atomic E-state index is 0.0527. The summed E-state index contributed by atoms with van der Waals surface area (Å²) in [5, 5.41) is 280. The predicted molar refractivity (Wildman–Crippen MR) is 506 cm³/mol. The molecule has 0 aromatic carbocycles. The quantitative estimate of drug-likeness (QED) is 0.00942. The Morgan fingerprint density at radius 3 is 1.37 bits per heavy atom. The van der Waals surface area contributed by atoms with Crippen LogP contribution in [0.1, 0.15) is 187 Å². The summed E-state index contributed by atoms with van der Waals surface area (Å²) >= 11 is 0. The van der Waals surface area contributed by atoms with Gasteiger partial charge < -0.3 is 222 Å². The van der Waals surface area contributed by atoms with Gasteiger partial charge in [-0.25, -0.2) is 9.59 Å². The topological polar surface area (TPSA) is 742 Å². The number of hydrogen-bond acceptors (Lipinski definition) is 48. The van der Waals surface area contributed by atoms with Crippen LogP contribution in [0.15, 0.2) is 48.6 Å². The van der Waals surface area contributed by atoms with Crippen molar-refractivity contribution in [1.82, 2.24) is 0 Å². The van der Waals surface area contributed by atoms with Crippen LogP contribution in [-0.2, 0) is 109 Å². The summed E-state index contributed by atoms with van der Waals surface area (Å²) in [6.45, 7) is 30.5. The molecule has 56 atom stereocenters. The Labute approximate surface area is 869 Å². The van der Waals surface area contributed by atoms with Crippen molar-refractivity contribution in [1.29, 1.82) is 0 Å². The smallest absolute Gasteiger partial charge is 0.333 e. The molecule has 150 heavy (non-hydrogen) atoms. The first-order chi connectivity index (χ1) is 70.2. The molecule has 9 heterocycles. The lowest BCUT2D eigenvalue weighted by molar-refractivity contribution is -0.391. The van der Waals surface area contributed by atoms with E-state index in [1.807, 2.05) is 13.8 Å². The van der Waals surface area contributed by atoms with Crippen molar-refractivity contribution in [2.75, 3.05) is 33.0 Å². The van der Waals surface area contributed by atoms with Gasteiger partial charge in [-0.2, -0.15) is 0 Å². The molecule has 0 aromatic rings. The van der Waals surface area contributed by atoms with Crippen molar-refractivity contribution in [2.45, 2.75) is 481 Å². The van der Waals surface area contributed by atoms with Gasteiger partial charge in [-0.05, 0) is 178 Å². The number of allylic oxidation sites excluding steroid dienone is 2. The molecule has 0 bridgehead atoms. The fourth-order valence-electron chi connectivity index (χ4n) is 26.4. The van der Waals surface area contributed by atoms with E-state index in [4.69, 9.17) is 94.7 Å². The van der Waals surface area contributed by atoms with Crippen LogP contribution in [0.2, 0.25) is 0 Å². The lowest BCUT2D eigenvalue weighted by atomic mass is 9.31. The van der Waals surface area contributed by atoms with Gasteiger partial charge in [0.15, 0.2) is 62.5 Å². The molecule has 0 aromatic heterocycles. The van der Waals surface area contributed by atoms with Crippen molar-refractivity contribution >= 4 is 17.9 Å². The number of ether oxygens (including phenoxy) is 20. The fourth-order valence-corrected chi connectivity index (χ4v) is 26.4. The summed E-state index contributed by atoms with van der Waals surface area (Å²) in [6, 6.07) is 0. The number of carbonyl (C=O) groups excluding carboxylic acids is 3. The Morgan fingerprint density at radius 2 is 0.800 bits per heavy atom. The summed E-state index contributed by atoms with van der Waals surface area (Å²) in [7, 11) is 0. The maximum Gasteiger partial charge on any atom is 0.333 e. The van der Waals surface area contributed by atoms with Crippen LogP contribution in [0.3, 0.4) is 0 Å². The van der Waals surface area contributed by atoms with E-state index >= 15 is 9.59 Å². The molecule has 5 aliphatic carbocycles. The van der Waals surface area contributed by atoms with Gasteiger partial charge in [0.1, 0.15) is 182 Å². The third kappa shape index (κ3) is 23.3. The zero-order valence-electron chi connectivity index (χ0n) is 87.4. The average molecular weight is 2160 g/mol. The van der Waals surface area contributed by atoms with E-state index < -0.39 is 395 Å².